The van der Waals surface area contributed by atoms with Crippen LogP contribution >= 0.6 is 0 Å². The van der Waals surface area contributed by atoms with Crippen molar-refractivity contribution in [3.8, 4) is 5.75 Å². The molecule has 0 unspecified atom stereocenters. The fraction of sp³-hybridized carbons (Fsp3) is 0.385. The molecule has 1 aromatic carbocycles. The van der Waals surface area contributed by atoms with Crippen LogP contribution in [0.1, 0.15) is 17.3 Å². The van der Waals surface area contributed by atoms with E-state index < -0.39 is 5.97 Å². The first kappa shape index (κ1) is 14.0. The summed E-state index contributed by atoms with van der Waals surface area (Å²) < 4.78 is 9.69. The van der Waals surface area contributed by atoms with Crippen LogP contribution in [-0.4, -0.2) is 44.1 Å². The topological polar surface area (TPSA) is 55.8 Å². The summed E-state index contributed by atoms with van der Waals surface area (Å²) >= 11 is 0. The highest BCUT2D eigenvalue weighted by atomic mass is 16.5. The van der Waals surface area contributed by atoms with Gasteiger partial charge in [0, 0.05) is 6.54 Å². The number of ether oxygens (including phenoxy) is 2. The number of carbonyl (C=O) groups is 2. The van der Waals surface area contributed by atoms with Gasteiger partial charge >= 0.3 is 5.97 Å². The molecule has 1 rings (SSSR count). The molecule has 0 saturated heterocycles. The van der Waals surface area contributed by atoms with Crippen LogP contribution in [0, 0.1) is 0 Å². The molecule has 1 aromatic rings. The van der Waals surface area contributed by atoms with Crippen LogP contribution in [0.5, 0.6) is 5.75 Å². The largest absolute Gasteiger partial charge is 0.496 e. The zero-order valence-electron chi connectivity index (χ0n) is 10.8. The molecule has 0 N–H and O–H groups in total. The maximum absolute atomic E-state index is 12.2. The lowest BCUT2D eigenvalue weighted by Gasteiger charge is -2.20. The summed E-state index contributed by atoms with van der Waals surface area (Å²) in [4.78, 5) is 24.9. The van der Waals surface area contributed by atoms with E-state index >= 15 is 0 Å². The van der Waals surface area contributed by atoms with E-state index in [1.54, 1.807) is 31.2 Å². The van der Waals surface area contributed by atoms with E-state index in [4.69, 9.17) is 4.74 Å². The lowest BCUT2D eigenvalue weighted by atomic mass is 10.1. The highest BCUT2D eigenvalue weighted by Gasteiger charge is 2.20. The van der Waals surface area contributed by atoms with Crippen LogP contribution in [0.2, 0.25) is 0 Å². The number of hydrogen-bond donors (Lipinski definition) is 0. The van der Waals surface area contributed by atoms with Crippen molar-refractivity contribution in [1.82, 2.24) is 4.90 Å². The number of carbonyl (C=O) groups excluding carboxylic acids is 2. The Morgan fingerprint density at radius 3 is 2.44 bits per heavy atom. The first-order valence-corrected chi connectivity index (χ1v) is 5.63. The molecular weight excluding hydrogens is 234 g/mol. The van der Waals surface area contributed by atoms with Crippen LogP contribution in [0.3, 0.4) is 0 Å². The standard InChI is InChI=1S/C13H17NO4/c1-4-14(9-12(15)18-3)13(16)10-7-5-6-8-11(10)17-2/h5-8H,4,9H2,1-3H3. The van der Waals surface area contributed by atoms with Gasteiger partial charge in [-0.1, -0.05) is 12.1 Å². The minimum atomic E-state index is -0.444. The third-order valence-electron chi connectivity index (χ3n) is 2.55. The van der Waals surface area contributed by atoms with E-state index in [1.807, 2.05) is 0 Å². The Morgan fingerprint density at radius 2 is 1.89 bits per heavy atom. The third kappa shape index (κ3) is 3.23. The molecule has 5 nitrogen and oxygen atoms in total. The molecule has 0 aliphatic heterocycles. The highest BCUT2D eigenvalue weighted by molar-refractivity contribution is 5.98. The number of para-hydroxylation sites is 1. The van der Waals surface area contributed by atoms with Gasteiger partial charge in [-0.2, -0.15) is 0 Å². The molecule has 5 heteroatoms. The molecule has 18 heavy (non-hydrogen) atoms. The number of methoxy groups -OCH3 is 2. The highest BCUT2D eigenvalue weighted by Crippen LogP contribution is 2.19. The van der Waals surface area contributed by atoms with Gasteiger partial charge in [-0.25, -0.2) is 0 Å². The van der Waals surface area contributed by atoms with Crippen LogP contribution in [0.25, 0.3) is 0 Å². The molecule has 0 radical (unpaired) electrons. The van der Waals surface area contributed by atoms with Gasteiger partial charge in [0.1, 0.15) is 12.3 Å². The van der Waals surface area contributed by atoms with Crippen molar-refractivity contribution in [1.29, 1.82) is 0 Å². The molecule has 98 valence electrons. The number of benzene rings is 1. The molecule has 0 heterocycles. The Balaban J connectivity index is 2.92. The average molecular weight is 251 g/mol. The number of esters is 1. The SMILES string of the molecule is CCN(CC(=O)OC)C(=O)c1ccccc1OC. The second kappa shape index (κ2) is 6.64. The molecular formula is C13H17NO4. The van der Waals surface area contributed by atoms with Gasteiger partial charge in [0.2, 0.25) is 0 Å². The predicted molar refractivity (Wildman–Crippen MR) is 66.6 cm³/mol. The van der Waals surface area contributed by atoms with Crippen molar-refractivity contribution in [2.45, 2.75) is 6.92 Å². The lowest BCUT2D eigenvalue weighted by molar-refractivity contribution is -0.141. The quantitative estimate of drug-likeness (QED) is 0.741. The van der Waals surface area contributed by atoms with Crippen molar-refractivity contribution >= 4 is 11.9 Å². The molecule has 0 aliphatic carbocycles. The summed E-state index contributed by atoms with van der Waals surface area (Å²) in [5, 5.41) is 0. The minimum Gasteiger partial charge on any atom is -0.496 e. The van der Waals surface area contributed by atoms with Gasteiger partial charge in [-0.3, -0.25) is 9.59 Å². The summed E-state index contributed by atoms with van der Waals surface area (Å²) in [6, 6.07) is 6.91. The molecule has 0 spiro atoms. The normalized spacial score (nSPS) is 9.72. The number of nitrogens with zero attached hydrogens (tertiary/aromatic N) is 1. The van der Waals surface area contributed by atoms with E-state index in [-0.39, 0.29) is 12.5 Å². The van der Waals surface area contributed by atoms with Crippen molar-refractivity contribution in [3.63, 3.8) is 0 Å². The van der Waals surface area contributed by atoms with Gasteiger partial charge in [-0.15, -0.1) is 0 Å². The van der Waals surface area contributed by atoms with Crippen LogP contribution < -0.4 is 4.74 Å². The summed E-state index contributed by atoms with van der Waals surface area (Å²) in [5.74, 6) is -0.203. The van der Waals surface area contributed by atoms with Crippen molar-refractivity contribution in [2.75, 3.05) is 27.3 Å². The van der Waals surface area contributed by atoms with E-state index in [0.717, 1.165) is 0 Å². The first-order valence-electron chi connectivity index (χ1n) is 5.63. The maximum Gasteiger partial charge on any atom is 0.325 e. The van der Waals surface area contributed by atoms with Crippen LogP contribution in [0.15, 0.2) is 24.3 Å². The summed E-state index contributed by atoms with van der Waals surface area (Å²) in [6.45, 7) is 2.16. The van der Waals surface area contributed by atoms with Gasteiger partial charge in [0.15, 0.2) is 0 Å². The molecule has 0 bridgehead atoms. The fourth-order valence-electron chi connectivity index (χ4n) is 1.54. The van der Waals surface area contributed by atoms with Crippen molar-refractivity contribution in [3.05, 3.63) is 29.8 Å². The van der Waals surface area contributed by atoms with Crippen molar-refractivity contribution < 1.29 is 19.1 Å². The second-order valence-electron chi connectivity index (χ2n) is 3.60. The molecule has 0 aromatic heterocycles. The van der Waals surface area contributed by atoms with E-state index in [2.05, 4.69) is 4.74 Å². The van der Waals surface area contributed by atoms with Gasteiger partial charge in [-0.05, 0) is 19.1 Å². The number of hydrogen-bond acceptors (Lipinski definition) is 4. The number of likely N-dealkylation sites (N-methyl/N-ethyl adjacent to an activating group) is 1. The molecule has 0 aliphatic rings. The lowest BCUT2D eigenvalue weighted by Crippen LogP contribution is -2.36. The minimum absolute atomic E-state index is 0.0656. The fourth-order valence-corrected chi connectivity index (χ4v) is 1.54. The maximum atomic E-state index is 12.2. The molecule has 0 saturated carbocycles. The van der Waals surface area contributed by atoms with Crippen LogP contribution in [0.4, 0.5) is 0 Å². The molecule has 0 atom stereocenters. The summed E-state index contributed by atoms with van der Waals surface area (Å²) in [7, 11) is 2.80. The van der Waals surface area contributed by atoms with Crippen LogP contribution in [-0.2, 0) is 9.53 Å². The Kier molecular flexibility index (Phi) is 5.17. The molecule has 1 amide bonds. The monoisotopic (exact) mass is 251 g/mol. The number of amides is 1. The van der Waals surface area contributed by atoms with Gasteiger partial charge in [0.05, 0.1) is 19.8 Å². The Bertz CT molecular complexity index is 431. The predicted octanol–water partition coefficient (Wildman–Crippen LogP) is 1.33. The van der Waals surface area contributed by atoms with Gasteiger partial charge < -0.3 is 14.4 Å². The Morgan fingerprint density at radius 1 is 1.22 bits per heavy atom. The second-order valence-corrected chi connectivity index (χ2v) is 3.60. The summed E-state index contributed by atoms with van der Waals surface area (Å²) in [6.07, 6.45) is 0. The Hall–Kier alpha value is -2.04. The first-order chi connectivity index (χ1) is 8.63. The zero-order valence-corrected chi connectivity index (χ0v) is 10.8. The third-order valence-corrected chi connectivity index (χ3v) is 2.55. The van der Waals surface area contributed by atoms with E-state index in [1.165, 1.54) is 19.1 Å². The van der Waals surface area contributed by atoms with E-state index in [0.29, 0.717) is 17.9 Å². The smallest absolute Gasteiger partial charge is 0.325 e. The van der Waals surface area contributed by atoms with Crippen molar-refractivity contribution in [2.24, 2.45) is 0 Å². The Labute approximate surface area is 106 Å². The number of rotatable bonds is 5. The zero-order chi connectivity index (χ0) is 13.5. The molecule has 0 fully saturated rings. The van der Waals surface area contributed by atoms with Gasteiger partial charge in [0.25, 0.3) is 5.91 Å². The average Bonchev–Trinajstić information content (AvgIpc) is 2.43. The summed E-state index contributed by atoms with van der Waals surface area (Å²) in [5.41, 5.74) is 0.436. The van der Waals surface area contributed by atoms with E-state index in [9.17, 15) is 9.59 Å².